The number of ether oxygens (including phenoxy) is 1. The van der Waals surface area contributed by atoms with Gasteiger partial charge in [0.05, 0.1) is 42.5 Å². The maximum Gasteiger partial charge on any atom is 0.225 e. The third kappa shape index (κ3) is 8.46. The smallest absolute Gasteiger partial charge is 0.225 e. The molecule has 3 atom stereocenters. The van der Waals surface area contributed by atoms with E-state index >= 15 is 0 Å². The van der Waals surface area contributed by atoms with Crippen LogP contribution >= 0.6 is 0 Å². The number of benzene rings is 2. The molecule has 0 radical (unpaired) electrons. The molecule has 9 heteroatoms. The lowest BCUT2D eigenvalue weighted by molar-refractivity contribution is -0.132. The fraction of sp³-hybridized carbons (Fsp3) is 0.548. The molecule has 1 heterocycles. The van der Waals surface area contributed by atoms with Crippen LogP contribution in [0.3, 0.4) is 0 Å². The maximum absolute atomic E-state index is 13.5. The minimum absolute atomic E-state index is 0.00774. The van der Waals surface area contributed by atoms with Gasteiger partial charge in [0.1, 0.15) is 0 Å². The van der Waals surface area contributed by atoms with E-state index in [1.807, 2.05) is 61.2 Å². The summed E-state index contributed by atoms with van der Waals surface area (Å²) >= 11 is 0. The van der Waals surface area contributed by atoms with Crippen molar-refractivity contribution in [1.82, 2.24) is 15.5 Å². The number of hydrogen-bond acceptors (Lipinski definition) is 7. The van der Waals surface area contributed by atoms with Crippen LogP contribution in [-0.4, -0.2) is 62.7 Å². The molecule has 0 saturated heterocycles. The van der Waals surface area contributed by atoms with Crippen LogP contribution in [0.25, 0.3) is 0 Å². The number of amides is 1. The van der Waals surface area contributed by atoms with Crippen LogP contribution in [0.4, 0.5) is 0 Å². The van der Waals surface area contributed by atoms with Crippen LogP contribution in [0.2, 0.25) is 0 Å². The van der Waals surface area contributed by atoms with E-state index < -0.39 is 15.9 Å². The number of rotatable bonds is 12. The molecule has 4 rings (SSSR count). The van der Waals surface area contributed by atoms with Crippen LogP contribution in [0.5, 0.6) is 0 Å². The number of ketones is 1. The zero-order chi connectivity index (χ0) is 28.5. The molecule has 2 aromatic rings. The summed E-state index contributed by atoms with van der Waals surface area (Å²) in [7, 11) is -3.39. The highest BCUT2D eigenvalue weighted by Crippen LogP contribution is 2.26. The summed E-state index contributed by atoms with van der Waals surface area (Å²) in [6.45, 7) is 5.71. The van der Waals surface area contributed by atoms with Crippen molar-refractivity contribution >= 4 is 21.5 Å². The van der Waals surface area contributed by atoms with E-state index in [0.29, 0.717) is 36.8 Å². The van der Waals surface area contributed by atoms with E-state index in [1.165, 1.54) is 0 Å². The SMILES string of the molecule is CC(C)C[C@H](NC(=O)[C@@H]1CCCC[C@@H]1NCOCc1ccccc1)C(=O)CN1CCS(=O)(=O)c2ccccc2C1. The van der Waals surface area contributed by atoms with E-state index in [0.717, 1.165) is 31.2 Å². The van der Waals surface area contributed by atoms with Gasteiger partial charge in [-0.1, -0.05) is 75.2 Å². The second-order valence-corrected chi connectivity index (χ2v) is 13.6. The number of hydrogen-bond donors (Lipinski definition) is 2. The second-order valence-electron chi connectivity index (χ2n) is 11.5. The molecule has 1 aliphatic carbocycles. The summed E-state index contributed by atoms with van der Waals surface area (Å²) in [5, 5.41) is 6.51. The highest BCUT2D eigenvalue weighted by Gasteiger charge is 2.34. The lowest BCUT2D eigenvalue weighted by Crippen LogP contribution is -2.52. The quantitative estimate of drug-likeness (QED) is 0.297. The third-order valence-corrected chi connectivity index (χ3v) is 9.62. The molecule has 1 aliphatic heterocycles. The van der Waals surface area contributed by atoms with Crippen LogP contribution in [-0.2, 0) is 37.3 Å². The predicted octanol–water partition coefficient (Wildman–Crippen LogP) is 3.70. The number of fused-ring (bicyclic) bond motifs is 1. The normalized spacial score (nSPS) is 21.8. The van der Waals surface area contributed by atoms with Gasteiger partial charge in [-0.25, -0.2) is 8.42 Å². The Labute approximate surface area is 238 Å². The standard InChI is InChI=1S/C31H43N3O5S/c1-23(2)18-28(29(35)20-34-16-17-40(37,38)30-15-9-6-12-25(30)19-34)33-31(36)26-13-7-8-14-27(26)32-22-39-21-24-10-4-3-5-11-24/h3-6,9-12,15,23,26-28,32H,7-8,13-14,16-22H2,1-2H3,(H,33,36)/t26-,27+,28+/m1/s1. The summed E-state index contributed by atoms with van der Waals surface area (Å²) in [6, 6.07) is 16.4. The van der Waals surface area contributed by atoms with Crippen LogP contribution in [0.15, 0.2) is 59.5 Å². The molecule has 1 saturated carbocycles. The van der Waals surface area contributed by atoms with Crippen molar-refractivity contribution in [3.05, 3.63) is 65.7 Å². The molecule has 1 fully saturated rings. The predicted molar refractivity (Wildman–Crippen MR) is 155 cm³/mol. The molecular formula is C31H43N3O5S. The molecule has 2 N–H and O–H groups in total. The zero-order valence-corrected chi connectivity index (χ0v) is 24.5. The number of nitrogens with zero attached hydrogens (tertiary/aromatic N) is 1. The summed E-state index contributed by atoms with van der Waals surface area (Å²) < 4.78 is 31.3. The van der Waals surface area contributed by atoms with E-state index in [-0.39, 0.29) is 48.4 Å². The van der Waals surface area contributed by atoms with Crippen molar-refractivity contribution < 1.29 is 22.7 Å². The van der Waals surface area contributed by atoms with Gasteiger partial charge in [-0.2, -0.15) is 0 Å². The summed E-state index contributed by atoms with van der Waals surface area (Å²) in [5.74, 6) is -0.216. The van der Waals surface area contributed by atoms with Crippen LogP contribution in [0.1, 0.15) is 57.1 Å². The lowest BCUT2D eigenvalue weighted by atomic mass is 9.83. The van der Waals surface area contributed by atoms with Gasteiger partial charge in [0.2, 0.25) is 5.91 Å². The number of nitrogens with one attached hydrogen (secondary N) is 2. The molecule has 8 nitrogen and oxygen atoms in total. The van der Waals surface area contributed by atoms with E-state index in [1.54, 1.807) is 12.1 Å². The summed E-state index contributed by atoms with van der Waals surface area (Å²) in [6.07, 6.45) is 4.22. The Morgan fingerprint density at radius 2 is 1.75 bits per heavy atom. The van der Waals surface area contributed by atoms with Crippen molar-refractivity contribution in [3.8, 4) is 0 Å². The summed E-state index contributed by atoms with van der Waals surface area (Å²) in [5.41, 5.74) is 1.81. The average Bonchev–Trinajstić information content (AvgIpc) is 3.06. The molecule has 0 bridgehead atoms. The van der Waals surface area contributed by atoms with Gasteiger partial charge in [-0.05, 0) is 42.4 Å². The monoisotopic (exact) mass is 569 g/mol. The van der Waals surface area contributed by atoms with Crippen molar-refractivity contribution in [2.45, 2.75) is 76.1 Å². The zero-order valence-electron chi connectivity index (χ0n) is 23.7. The van der Waals surface area contributed by atoms with Crippen molar-refractivity contribution in [2.24, 2.45) is 11.8 Å². The lowest BCUT2D eigenvalue weighted by Gasteiger charge is -2.33. The third-order valence-electron chi connectivity index (χ3n) is 7.83. The second kappa shape index (κ2) is 14.3. The fourth-order valence-electron chi connectivity index (χ4n) is 5.70. The van der Waals surface area contributed by atoms with Crippen molar-refractivity contribution in [3.63, 3.8) is 0 Å². The Balaban J connectivity index is 1.35. The molecule has 2 aliphatic rings. The van der Waals surface area contributed by atoms with E-state index in [9.17, 15) is 18.0 Å². The van der Waals surface area contributed by atoms with Crippen molar-refractivity contribution in [1.29, 1.82) is 0 Å². The topological polar surface area (TPSA) is 105 Å². The Bertz CT molecular complexity index is 1230. The van der Waals surface area contributed by atoms with Crippen LogP contribution < -0.4 is 10.6 Å². The first kappa shape index (κ1) is 30.4. The summed E-state index contributed by atoms with van der Waals surface area (Å²) in [4.78, 5) is 29.3. The molecule has 40 heavy (non-hydrogen) atoms. The largest absolute Gasteiger partial charge is 0.362 e. The minimum Gasteiger partial charge on any atom is -0.362 e. The average molecular weight is 570 g/mol. The van der Waals surface area contributed by atoms with Gasteiger partial charge in [0.25, 0.3) is 0 Å². The molecule has 218 valence electrons. The van der Waals surface area contributed by atoms with Gasteiger partial charge in [-0.3, -0.25) is 19.8 Å². The minimum atomic E-state index is -3.39. The number of sulfone groups is 1. The molecule has 1 amide bonds. The molecule has 2 aromatic carbocycles. The maximum atomic E-state index is 13.5. The molecule has 0 aromatic heterocycles. The van der Waals surface area contributed by atoms with Crippen molar-refractivity contribution in [2.75, 3.05) is 25.6 Å². The molecule has 0 spiro atoms. The Kier molecular flexibility index (Phi) is 10.9. The first-order valence-electron chi connectivity index (χ1n) is 14.4. The molecule has 0 unspecified atom stereocenters. The Hall–Kier alpha value is -2.59. The highest BCUT2D eigenvalue weighted by atomic mass is 32.2. The van der Waals surface area contributed by atoms with Gasteiger partial charge in [-0.15, -0.1) is 0 Å². The van der Waals surface area contributed by atoms with Gasteiger partial charge < -0.3 is 10.1 Å². The highest BCUT2D eigenvalue weighted by molar-refractivity contribution is 7.91. The Morgan fingerprint density at radius 1 is 1.02 bits per heavy atom. The first-order chi connectivity index (χ1) is 19.2. The fourth-order valence-corrected chi connectivity index (χ4v) is 7.24. The van der Waals surface area contributed by atoms with Gasteiger partial charge in [0.15, 0.2) is 15.6 Å². The van der Waals surface area contributed by atoms with E-state index in [2.05, 4.69) is 10.6 Å². The van der Waals surface area contributed by atoms with Crippen LogP contribution in [0, 0.1) is 11.8 Å². The number of carbonyl (C=O) groups is 2. The number of Topliss-reactive ketones (excluding diaryl/α,β-unsaturated/α-hetero) is 1. The van der Waals surface area contributed by atoms with E-state index in [4.69, 9.17) is 4.74 Å². The van der Waals surface area contributed by atoms with Gasteiger partial charge in [0, 0.05) is 19.1 Å². The Morgan fingerprint density at radius 3 is 2.52 bits per heavy atom. The first-order valence-corrected chi connectivity index (χ1v) is 16.1. The van der Waals surface area contributed by atoms with Gasteiger partial charge >= 0.3 is 0 Å². The number of carbonyl (C=O) groups excluding carboxylic acids is 2. The molecular weight excluding hydrogens is 526 g/mol.